The molecule has 9 heteroatoms. The molecule has 3 aromatic carbocycles. The number of benzene rings is 3. The number of halogens is 4. The van der Waals surface area contributed by atoms with Crippen molar-refractivity contribution in [1.82, 2.24) is 0 Å². The maximum atomic E-state index is 13.6. The van der Waals surface area contributed by atoms with Crippen LogP contribution >= 0.6 is 0 Å². The van der Waals surface area contributed by atoms with Gasteiger partial charge in [-0.25, -0.2) is 0 Å². The molecule has 0 heterocycles. The molecule has 42 heavy (non-hydrogen) atoms. The molecule has 2 bridgehead atoms. The minimum absolute atomic E-state index is 0.0203. The second-order valence-electron chi connectivity index (χ2n) is 11.8. The lowest BCUT2D eigenvalue weighted by molar-refractivity contribution is -0.202. The molecular weight excluding hydrogens is 566 g/mol. The van der Waals surface area contributed by atoms with E-state index in [9.17, 15) is 26.0 Å². The predicted octanol–water partition coefficient (Wildman–Crippen LogP) is 9.74. The molecule has 226 valence electrons. The van der Waals surface area contributed by atoms with Crippen molar-refractivity contribution in [3.8, 4) is 0 Å². The molecule has 3 unspecified atom stereocenters. The number of rotatable bonds is 7. The summed E-state index contributed by atoms with van der Waals surface area (Å²) < 4.78 is 82.4. The fraction of sp³-hybridized carbons (Fsp3) is 0.455. The smallest absolute Gasteiger partial charge is 0.311 e. The lowest BCUT2D eigenvalue weighted by Crippen LogP contribution is -2.52. The maximum absolute atomic E-state index is 13.6. The van der Waals surface area contributed by atoms with Crippen molar-refractivity contribution in [3.63, 3.8) is 0 Å². The van der Waals surface area contributed by atoms with Gasteiger partial charge in [0.1, 0.15) is 0 Å². The number of hydrogen-bond acceptors (Lipinski definition) is 3. The Balaban J connectivity index is 0.000000181. The Bertz CT molecular complexity index is 1370. The van der Waals surface area contributed by atoms with E-state index in [1.807, 2.05) is 0 Å². The van der Waals surface area contributed by atoms with Crippen LogP contribution in [0.1, 0.15) is 69.3 Å². The van der Waals surface area contributed by atoms with Crippen LogP contribution in [0.2, 0.25) is 0 Å². The third kappa shape index (κ3) is 6.23. The van der Waals surface area contributed by atoms with Gasteiger partial charge in [0.2, 0.25) is 0 Å². The summed E-state index contributed by atoms with van der Waals surface area (Å²) in [6, 6.07) is 30.4. The van der Waals surface area contributed by atoms with Gasteiger partial charge in [-0.2, -0.15) is 26.0 Å². The van der Waals surface area contributed by atoms with Crippen LogP contribution in [0.3, 0.4) is 0 Å². The van der Waals surface area contributed by atoms with Crippen LogP contribution in [-0.4, -0.2) is 24.1 Å². The molecule has 3 fully saturated rings. The second-order valence-corrected chi connectivity index (χ2v) is 13.3. The van der Waals surface area contributed by atoms with Gasteiger partial charge >= 0.3 is 21.3 Å². The van der Waals surface area contributed by atoms with E-state index in [1.165, 1.54) is 54.7 Å². The van der Waals surface area contributed by atoms with Gasteiger partial charge in [0, 0.05) is 23.0 Å². The summed E-state index contributed by atoms with van der Waals surface area (Å²) in [7, 11) is -6.10. The molecule has 3 atom stereocenters. The van der Waals surface area contributed by atoms with Crippen LogP contribution in [0.15, 0.2) is 84.9 Å². The van der Waals surface area contributed by atoms with Gasteiger partial charge < -0.3 is 4.90 Å². The van der Waals surface area contributed by atoms with Crippen molar-refractivity contribution in [2.24, 2.45) is 17.8 Å². The fourth-order valence-electron chi connectivity index (χ4n) is 7.01. The second kappa shape index (κ2) is 12.4. The van der Waals surface area contributed by atoms with Gasteiger partial charge in [0.15, 0.2) is 0 Å². The van der Waals surface area contributed by atoms with Crippen molar-refractivity contribution >= 4 is 27.2 Å². The predicted molar refractivity (Wildman–Crippen MR) is 157 cm³/mol. The number of nitrogens with zero attached hydrogens (tertiary/aromatic N) is 1. The molecule has 1 N–H and O–H groups in total. The van der Waals surface area contributed by atoms with Crippen LogP contribution in [-0.2, 0) is 10.1 Å². The molecular formula is C33H37F4NO3S. The topological polar surface area (TPSA) is 57.6 Å². The summed E-state index contributed by atoms with van der Waals surface area (Å²) in [5.41, 5.74) is 5.11. The SMILES string of the molecule is O=S(=O)(O)C(F)(F)C(F)(F)C1CC2CCC1C2.c1ccc(N(c2ccccc2)c2ccc(C3CCCCC3)cc2)cc1. The summed E-state index contributed by atoms with van der Waals surface area (Å²) in [5, 5.41) is -5.41. The van der Waals surface area contributed by atoms with E-state index in [1.54, 1.807) is 0 Å². The number of hydrogen-bond donors (Lipinski definition) is 1. The summed E-state index contributed by atoms with van der Waals surface area (Å²) in [4.78, 5) is 2.32. The lowest BCUT2D eigenvalue weighted by atomic mass is 9.84. The van der Waals surface area contributed by atoms with Crippen LogP contribution in [0, 0.1) is 17.8 Å². The quantitative estimate of drug-likeness (QED) is 0.216. The molecule has 0 amide bonds. The number of alkyl halides is 4. The minimum atomic E-state index is -6.10. The van der Waals surface area contributed by atoms with Gasteiger partial charge in [-0.05, 0) is 91.8 Å². The van der Waals surface area contributed by atoms with E-state index >= 15 is 0 Å². The van der Waals surface area contributed by atoms with Gasteiger partial charge in [-0.1, -0.05) is 74.2 Å². The van der Waals surface area contributed by atoms with E-state index in [-0.39, 0.29) is 12.3 Å². The Labute approximate surface area is 245 Å². The molecule has 0 aliphatic heterocycles. The van der Waals surface area contributed by atoms with Crippen molar-refractivity contribution in [2.45, 2.75) is 74.9 Å². The highest BCUT2D eigenvalue weighted by Crippen LogP contribution is 2.58. The van der Waals surface area contributed by atoms with Crippen molar-refractivity contribution < 1.29 is 30.5 Å². The van der Waals surface area contributed by atoms with Crippen LogP contribution in [0.4, 0.5) is 34.6 Å². The highest BCUT2D eigenvalue weighted by molar-refractivity contribution is 7.87. The van der Waals surface area contributed by atoms with Gasteiger partial charge in [0.05, 0.1) is 0 Å². The zero-order valence-corrected chi connectivity index (χ0v) is 24.2. The molecule has 4 nitrogen and oxygen atoms in total. The fourth-order valence-corrected chi connectivity index (χ4v) is 7.50. The van der Waals surface area contributed by atoms with Crippen molar-refractivity contribution in [1.29, 1.82) is 0 Å². The number of fused-ring (bicyclic) bond motifs is 2. The summed E-state index contributed by atoms with van der Waals surface area (Å²) in [5.74, 6) is -6.20. The van der Waals surface area contributed by atoms with E-state index < -0.39 is 33.1 Å². The summed E-state index contributed by atoms with van der Waals surface area (Å²) in [6.45, 7) is 0. The minimum Gasteiger partial charge on any atom is -0.311 e. The van der Waals surface area contributed by atoms with Crippen LogP contribution in [0.25, 0.3) is 0 Å². The molecule has 3 aromatic rings. The van der Waals surface area contributed by atoms with E-state index in [0.717, 1.165) is 12.3 Å². The summed E-state index contributed by atoms with van der Waals surface area (Å²) >= 11 is 0. The first kappa shape index (κ1) is 30.5. The van der Waals surface area contributed by atoms with E-state index in [4.69, 9.17) is 4.55 Å². The average Bonchev–Trinajstić information content (AvgIpc) is 3.64. The van der Waals surface area contributed by atoms with Gasteiger partial charge in [-0.3, -0.25) is 4.55 Å². The highest BCUT2D eigenvalue weighted by Gasteiger charge is 2.71. The molecule has 0 spiro atoms. The zero-order valence-electron chi connectivity index (χ0n) is 23.4. The van der Waals surface area contributed by atoms with Crippen LogP contribution < -0.4 is 4.90 Å². The first-order valence-corrected chi connectivity index (χ1v) is 16.2. The number of para-hydroxylation sites is 2. The molecule has 3 aliphatic carbocycles. The van der Waals surface area contributed by atoms with Gasteiger partial charge in [-0.15, -0.1) is 0 Å². The standard InChI is InChI=1S/C24H25N.C9H12F4O3S/c1-4-10-20(11-5-1)21-16-18-24(19-17-21)25(22-12-6-2-7-13-22)23-14-8-3-9-15-23;10-8(11,9(12,13)17(14,15)16)7-4-5-1-2-6(7)3-5/h2-3,6-9,12-20H,1,4-5,10-11H2;5-7H,1-4H2,(H,14,15,16). The van der Waals surface area contributed by atoms with Crippen molar-refractivity contribution in [3.05, 3.63) is 90.5 Å². The number of anilines is 3. The molecule has 3 aliphatic rings. The molecule has 0 radical (unpaired) electrons. The molecule has 0 aromatic heterocycles. The molecule has 6 rings (SSSR count). The Morgan fingerprint density at radius 1 is 0.667 bits per heavy atom. The Hall–Kier alpha value is -2.91. The third-order valence-corrected chi connectivity index (χ3v) is 10.1. The third-order valence-electron chi connectivity index (χ3n) is 9.17. The largest absolute Gasteiger partial charge is 0.431 e. The Kier molecular flexibility index (Phi) is 8.99. The van der Waals surface area contributed by atoms with E-state index in [2.05, 4.69) is 89.8 Å². The molecule has 3 saturated carbocycles. The average molecular weight is 604 g/mol. The van der Waals surface area contributed by atoms with E-state index in [0.29, 0.717) is 12.8 Å². The maximum Gasteiger partial charge on any atom is 0.431 e. The first-order chi connectivity index (χ1) is 20.0. The Morgan fingerprint density at radius 2 is 1.19 bits per heavy atom. The monoisotopic (exact) mass is 603 g/mol. The van der Waals surface area contributed by atoms with Crippen LogP contribution in [0.5, 0.6) is 0 Å². The van der Waals surface area contributed by atoms with Gasteiger partial charge in [0.25, 0.3) is 0 Å². The first-order valence-electron chi connectivity index (χ1n) is 14.7. The highest BCUT2D eigenvalue weighted by atomic mass is 32.2. The zero-order chi connectivity index (χ0) is 30.0. The Morgan fingerprint density at radius 3 is 1.64 bits per heavy atom. The normalized spacial score (nSPS) is 22.8. The van der Waals surface area contributed by atoms with Crippen molar-refractivity contribution in [2.75, 3.05) is 4.90 Å². The summed E-state index contributed by atoms with van der Waals surface area (Å²) in [6.07, 6.45) is 8.37. The molecule has 0 saturated heterocycles. The lowest BCUT2D eigenvalue weighted by Gasteiger charge is -2.33.